The van der Waals surface area contributed by atoms with Crippen molar-refractivity contribution in [3.05, 3.63) is 29.3 Å². The van der Waals surface area contributed by atoms with Crippen LogP contribution in [0.1, 0.15) is 15.9 Å². The van der Waals surface area contributed by atoms with Crippen LogP contribution >= 0.6 is 11.8 Å². The van der Waals surface area contributed by atoms with Crippen LogP contribution in [0, 0.1) is 5.41 Å². The Bertz CT molecular complexity index is 545. The largest absolute Gasteiger partial charge is 0.468 e. The molecule has 0 aromatic heterocycles. The lowest BCUT2D eigenvalue weighted by Gasteiger charge is -2.22. The molecule has 2 rings (SSSR count). The van der Waals surface area contributed by atoms with Crippen LogP contribution in [0.2, 0.25) is 0 Å². The molecule has 0 bridgehead atoms. The first-order valence-electron chi connectivity index (χ1n) is 5.55. The van der Waals surface area contributed by atoms with Crippen molar-refractivity contribution in [1.29, 1.82) is 0 Å². The number of Topliss-reactive ketones (excluding diaryl/α,β-unsaturated/α-hetero) is 1. The van der Waals surface area contributed by atoms with Gasteiger partial charge in [-0.25, -0.2) is 8.78 Å². The molecular weight excluding hydrogens is 274 g/mol. The average molecular weight is 286 g/mol. The van der Waals surface area contributed by atoms with Crippen molar-refractivity contribution in [2.45, 2.75) is 17.7 Å². The number of thioether (sulfide) groups is 1. The molecule has 1 unspecified atom stereocenters. The maximum atomic E-state index is 13.3. The number of ketones is 1. The average Bonchev–Trinajstić information content (AvgIpc) is 2.72. The van der Waals surface area contributed by atoms with Crippen LogP contribution in [-0.2, 0) is 16.0 Å². The molecule has 0 saturated heterocycles. The van der Waals surface area contributed by atoms with Crippen LogP contribution in [0.15, 0.2) is 23.1 Å². The van der Waals surface area contributed by atoms with Crippen molar-refractivity contribution in [3.8, 4) is 0 Å². The first kappa shape index (κ1) is 14.0. The van der Waals surface area contributed by atoms with Crippen LogP contribution < -0.4 is 0 Å². The minimum Gasteiger partial charge on any atom is -0.468 e. The Hall–Kier alpha value is -1.43. The molecule has 0 N–H and O–H groups in total. The van der Waals surface area contributed by atoms with Crippen LogP contribution in [0.25, 0.3) is 0 Å². The molecule has 6 heteroatoms. The van der Waals surface area contributed by atoms with E-state index in [9.17, 15) is 18.4 Å². The van der Waals surface area contributed by atoms with Crippen LogP contribution in [0.3, 0.4) is 0 Å². The Morgan fingerprint density at radius 2 is 2.16 bits per heavy atom. The van der Waals surface area contributed by atoms with Gasteiger partial charge in [0.15, 0.2) is 11.2 Å². The number of ether oxygens (including phenoxy) is 1. The van der Waals surface area contributed by atoms with E-state index in [0.717, 1.165) is 12.0 Å². The molecule has 3 nitrogen and oxygen atoms in total. The normalized spacial score (nSPS) is 21.6. The second-order valence-electron chi connectivity index (χ2n) is 4.29. The van der Waals surface area contributed by atoms with Gasteiger partial charge in [-0.05, 0) is 24.0 Å². The summed E-state index contributed by atoms with van der Waals surface area (Å²) in [6.07, 6.45) is -1.57. The SMILES string of the molecule is COC(=O)C1(C(F)F)Cc2ccc(SC)cc2C1=O. The van der Waals surface area contributed by atoms with E-state index >= 15 is 0 Å². The van der Waals surface area contributed by atoms with E-state index in [1.807, 2.05) is 6.26 Å². The lowest BCUT2D eigenvalue weighted by Crippen LogP contribution is -2.44. The highest BCUT2D eigenvalue weighted by molar-refractivity contribution is 7.98. The van der Waals surface area contributed by atoms with Crippen molar-refractivity contribution >= 4 is 23.5 Å². The summed E-state index contributed by atoms with van der Waals surface area (Å²) in [6, 6.07) is 4.91. The van der Waals surface area contributed by atoms with Gasteiger partial charge in [0.05, 0.1) is 7.11 Å². The zero-order chi connectivity index (χ0) is 14.2. The van der Waals surface area contributed by atoms with Gasteiger partial charge < -0.3 is 4.74 Å². The maximum absolute atomic E-state index is 13.3. The number of hydrogen-bond acceptors (Lipinski definition) is 4. The van der Waals surface area contributed by atoms with E-state index < -0.39 is 23.6 Å². The van der Waals surface area contributed by atoms with Gasteiger partial charge in [-0.3, -0.25) is 9.59 Å². The van der Waals surface area contributed by atoms with Gasteiger partial charge in [0.25, 0.3) is 6.43 Å². The Balaban J connectivity index is 2.54. The molecule has 102 valence electrons. The van der Waals surface area contributed by atoms with Crippen molar-refractivity contribution in [1.82, 2.24) is 0 Å². The number of carbonyl (C=O) groups excluding carboxylic acids is 2. The minimum atomic E-state index is -3.09. The molecule has 0 saturated carbocycles. The molecule has 1 aromatic rings. The topological polar surface area (TPSA) is 43.4 Å². The third-order valence-electron chi connectivity index (χ3n) is 3.36. The molecule has 1 aliphatic carbocycles. The third kappa shape index (κ3) is 1.94. The van der Waals surface area contributed by atoms with Gasteiger partial charge in [0.2, 0.25) is 0 Å². The summed E-state index contributed by atoms with van der Waals surface area (Å²) in [5.74, 6) is -2.02. The molecule has 0 spiro atoms. The fraction of sp³-hybridized carbons (Fsp3) is 0.385. The highest BCUT2D eigenvalue weighted by Gasteiger charge is 2.59. The lowest BCUT2D eigenvalue weighted by atomic mass is 9.84. The zero-order valence-electron chi connectivity index (χ0n) is 10.4. The van der Waals surface area contributed by atoms with E-state index in [4.69, 9.17) is 0 Å². The smallest absolute Gasteiger partial charge is 0.326 e. The number of hydrogen-bond donors (Lipinski definition) is 0. The van der Waals surface area contributed by atoms with E-state index in [-0.39, 0.29) is 12.0 Å². The van der Waals surface area contributed by atoms with Crippen molar-refractivity contribution in [3.63, 3.8) is 0 Å². The third-order valence-corrected chi connectivity index (χ3v) is 4.08. The molecule has 19 heavy (non-hydrogen) atoms. The molecule has 1 aliphatic rings. The highest BCUT2D eigenvalue weighted by atomic mass is 32.2. The predicted molar refractivity (Wildman–Crippen MR) is 66.7 cm³/mol. The summed E-state index contributed by atoms with van der Waals surface area (Å²) >= 11 is 1.40. The standard InChI is InChI=1S/C13H12F2O3S/c1-18-12(17)13(11(14)15)6-7-3-4-8(19-2)5-9(7)10(13)16/h3-5,11H,6H2,1-2H3. The molecule has 0 radical (unpaired) electrons. The molecule has 0 heterocycles. The summed E-state index contributed by atoms with van der Waals surface area (Å²) in [5, 5.41) is 0. The molecule has 1 aromatic carbocycles. The summed E-state index contributed by atoms with van der Waals surface area (Å²) in [6.45, 7) is 0. The van der Waals surface area contributed by atoms with Gasteiger partial charge in [0.1, 0.15) is 0 Å². The van der Waals surface area contributed by atoms with E-state index in [2.05, 4.69) is 4.74 Å². The summed E-state index contributed by atoms with van der Waals surface area (Å²) in [7, 11) is 1.01. The Kier molecular flexibility index (Phi) is 3.62. The van der Waals surface area contributed by atoms with E-state index in [1.54, 1.807) is 18.2 Å². The maximum Gasteiger partial charge on any atom is 0.326 e. The summed E-state index contributed by atoms with van der Waals surface area (Å²) < 4.78 is 31.0. The van der Waals surface area contributed by atoms with Crippen LogP contribution in [-0.4, -0.2) is 31.5 Å². The summed E-state index contributed by atoms with van der Waals surface area (Å²) in [5.41, 5.74) is -1.72. The number of carbonyl (C=O) groups is 2. The predicted octanol–water partition coefficient (Wildman–Crippen LogP) is 2.57. The number of alkyl halides is 2. The number of benzene rings is 1. The molecule has 1 atom stereocenters. The van der Waals surface area contributed by atoms with Crippen molar-refractivity contribution in [2.75, 3.05) is 13.4 Å². The van der Waals surface area contributed by atoms with Gasteiger partial charge in [0, 0.05) is 16.9 Å². The molecule has 0 amide bonds. The first-order chi connectivity index (χ1) is 8.97. The highest BCUT2D eigenvalue weighted by Crippen LogP contribution is 2.43. The number of halogens is 2. The fourth-order valence-electron chi connectivity index (χ4n) is 2.28. The minimum absolute atomic E-state index is 0.192. The Morgan fingerprint density at radius 1 is 1.47 bits per heavy atom. The number of fused-ring (bicyclic) bond motifs is 1. The van der Waals surface area contributed by atoms with Gasteiger partial charge in [-0.1, -0.05) is 6.07 Å². The second-order valence-corrected chi connectivity index (χ2v) is 5.17. The Labute approximate surface area is 113 Å². The number of esters is 1. The van der Waals surface area contributed by atoms with E-state index in [1.165, 1.54) is 11.8 Å². The van der Waals surface area contributed by atoms with Gasteiger partial charge >= 0.3 is 5.97 Å². The second kappa shape index (κ2) is 4.92. The van der Waals surface area contributed by atoms with Gasteiger partial charge in [-0.15, -0.1) is 11.8 Å². The number of rotatable bonds is 3. The fourth-order valence-corrected chi connectivity index (χ4v) is 2.72. The van der Waals surface area contributed by atoms with Crippen LogP contribution in [0.5, 0.6) is 0 Å². The monoisotopic (exact) mass is 286 g/mol. The van der Waals surface area contributed by atoms with E-state index in [0.29, 0.717) is 5.56 Å². The molecular formula is C13H12F2O3S. The zero-order valence-corrected chi connectivity index (χ0v) is 11.2. The molecule has 0 aliphatic heterocycles. The van der Waals surface area contributed by atoms with Gasteiger partial charge in [-0.2, -0.15) is 0 Å². The Morgan fingerprint density at radius 3 is 2.68 bits per heavy atom. The van der Waals surface area contributed by atoms with Crippen molar-refractivity contribution < 1.29 is 23.1 Å². The summed E-state index contributed by atoms with van der Waals surface area (Å²) in [4.78, 5) is 24.7. The quantitative estimate of drug-likeness (QED) is 0.486. The molecule has 0 fully saturated rings. The lowest BCUT2D eigenvalue weighted by molar-refractivity contribution is -0.157. The first-order valence-corrected chi connectivity index (χ1v) is 6.78. The van der Waals surface area contributed by atoms with Crippen molar-refractivity contribution in [2.24, 2.45) is 5.41 Å². The van der Waals surface area contributed by atoms with Crippen LogP contribution in [0.4, 0.5) is 8.78 Å². The number of methoxy groups -OCH3 is 1.